The average molecular weight is 686 g/mol. The summed E-state index contributed by atoms with van der Waals surface area (Å²) in [5.74, 6) is 0.577. The second-order valence-electron chi connectivity index (χ2n) is 11.6. The van der Waals surface area contributed by atoms with E-state index in [1.165, 1.54) is 17.0 Å². The Morgan fingerprint density at radius 2 is 1.74 bits per heavy atom. The van der Waals surface area contributed by atoms with E-state index in [0.717, 1.165) is 16.8 Å². The molecular formula is C33H38Cl2N6O6. The molecule has 0 spiro atoms. The maximum atomic E-state index is 13.9. The zero-order valence-electron chi connectivity index (χ0n) is 26.9. The molecule has 1 unspecified atom stereocenters. The van der Waals surface area contributed by atoms with Crippen LogP contribution in [0, 0.1) is 0 Å². The van der Waals surface area contributed by atoms with E-state index in [2.05, 4.69) is 5.32 Å². The molecule has 3 aromatic carbocycles. The van der Waals surface area contributed by atoms with Crippen molar-refractivity contribution in [2.24, 2.45) is 0 Å². The summed E-state index contributed by atoms with van der Waals surface area (Å²) in [5.41, 5.74) is 3.02. The van der Waals surface area contributed by atoms with E-state index in [1.54, 1.807) is 66.5 Å². The number of rotatable bonds is 9. The number of anilines is 1. The highest BCUT2D eigenvalue weighted by Gasteiger charge is 2.47. The van der Waals surface area contributed by atoms with Crippen LogP contribution in [0.1, 0.15) is 22.7 Å². The highest BCUT2D eigenvalue weighted by Crippen LogP contribution is 2.38. The fraction of sp³-hybridized carbons (Fsp3) is 0.364. The van der Waals surface area contributed by atoms with E-state index >= 15 is 0 Å². The lowest BCUT2D eigenvalue weighted by Gasteiger charge is -2.52. The number of likely N-dealkylation sites (N-methyl/N-ethyl adjacent to an activating group) is 1. The minimum absolute atomic E-state index is 0.0297. The van der Waals surface area contributed by atoms with Crippen LogP contribution in [0.25, 0.3) is 0 Å². The topological polar surface area (TPSA) is 118 Å². The van der Waals surface area contributed by atoms with Gasteiger partial charge in [0, 0.05) is 38.3 Å². The number of phenols is 1. The van der Waals surface area contributed by atoms with Crippen molar-refractivity contribution in [1.82, 2.24) is 25.1 Å². The number of hydrogen-bond acceptors (Lipinski definition) is 8. The Labute approximate surface area is 283 Å². The maximum Gasteiger partial charge on any atom is 0.334 e. The first-order valence-corrected chi connectivity index (χ1v) is 15.7. The van der Waals surface area contributed by atoms with E-state index in [1.807, 2.05) is 31.1 Å². The monoisotopic (exact) mass is 684 g/mol. The zero-order valence-corrected chi connectivity index (χ0v) is 28.4. The van der Waals surface area contributed by atoms with E-state index in [-0.39, 0.29) is 43.7 Å². The minimum atomic E-state index is -0.790. The van der Waals surface area contributed by atoms with Crippen molar-refractivity contribution in [3.63, 3.8) is 0 Å². The molecule has 0 radical (unpaired) electrons. The Morgan fingerprint density at radius 3 is 2.40 bits per heavy atom. The van der Waals surface area contributed by atoms with E-state index < -0.39 is 18.2 Å². The molecule has 4 amide bonds. The number of amides is 4. The van der Waals surface area contributed by atoms with E-state index in [0.29, 0.717) is 33.5 Å². The van der Waals surface area contributed by atoms with Crippen LogP contribution in [0.15, 0.2) is 54.6 Å². The molecule has 250 valence electrons. The van der Waals surface area contributed by atoms with Gasteiger partial charge in [-0.1, -0.05) is 47.5 Å². The van der Waals surface area contributed by atoms with Crippen LogP contribution in [0.3, 0.4) is 0 Å². The Hall–Kier alpha value is -4.39. The molecule has 5 rings (SSSR count). The molecule has 0 aliphatic carbocycles. The lowest BCUT2D eigenvalue weighted by Crippen LogP contribution is -2.73. The summed E-state index contributed by atoms with van der Waals surface area (Å²) < 4.78 is 10.9. The number of hydrazine groups is 1. The highest BCUT2D eigenvalue weighted by atomic mass is 35.5. The molecule has 2 aliphatic heterocycles. The molecule has 2 fully saturated rings. The number of urea groups is 1. The third-order valence-electron chi connectivity index (χ3n) is 8.42. The smallest absolute Gasteiger partial charge is 0.334 e. The van der Waals surface area contributed by atoms with Crippen molar-refractivity contribution in [3.05, 3.63) is 81.3 Å². The highest BCUT2D eigenvalue weighted by molar-refractivity contribution is 6.36. The quantitative estimate of drug-likeness (QED) is 0.346. The van der Waals surface area contributed by atoms with Gasteiger partial charge in [-0.25, -0.2) is 14.8 Å². The third kappa shape index (κ3) is 6.99. The van der Waals surface area contributed by atoms with E-state index in [4.69, 9.17) is 32.7 Å². The molecule has 0 bridgehead atoms. The number of para-hydroxylation sites is 1. The first kappa shape index (κ1) is 34.0. The zero-order chi connectivity index (χ0) is 34.0. The van der Waals surface area contributed by atoms with Crippen molar-refractivity contribution in [2.45, 2.75) is 25.2 Å². The van der Waals surface area contributed by atoms with Crippen LogP contribution in [-0.4, -0.2) is 104 Å². The summed E-state index contributed by atoms with van der Waals surface area (Å²) in [6.07, 6.45) is -0.468. The van der Waals surface area contributed by atoms with Crippen LogP contribution in [0.4, 0.5) is 10.5 Å². The van der Waals surface area contributed by atoms with Crippen molar-refractivity contribution in [2.75, 3.05) is 59.9 Å². The fourth-order valence-corrected chi connectivity index (χ4v) is 7.00. The average Bonchev–Trinajstić information content (AvgIpc) is 3.02. The summed E-state index contributed by atoms with van der Waals surface area (Å²) in [6.45, 7) is -0.127. The van der Waals surface area contributed by atoms with Gasteiger partial charge < -0.3 is 34.6 Å². The van der Waals surface area contributed by atoms with Crippen LogP contribution in [0.5, 0.6) is 17.2 Å². The normalized spacial score (nSPS) is 17.3. The second kappa shape index (κ2) is 14.2. The molecular weight excluding hydrogens is 647 g/mol. The van der Waals surface area contributed by atoms with Gasteiger partial charge in [-0.3, -0.25) is 9.59 Å². The summed E-state index contributed by atoms with van der Waals surface area (Å²) >= 11 is 13.1. The predicted molar refractivity (Wildman–Crippen MR) is 179 cm³/mol. The van der Waals surface area contributed by atoms with Gasteiger partial charge in [0.25, 0.3) is 0 Å². The summed E-state index contributed by atoms with van der Waals surface area (Å²) in [6, 6.07) is 14.5. The largest absolute Gasteiger partial charge is 0.508 e. The van der Waals surface area contributed by atoms with Gasteiger partial charge in [-0.15, -0.1) is 0 Å². The van der Waals surface area contributed by atoms with Crippen molar-refractivity contribution in [1.29, 1.82) is 0 Å². The Morgan fingerprint density at radius 1 is 1.02 bits per heavy atom. The summed E-state index contributed by atoms with van der Waals surface area (Å²) in [7, 11) is 8.48. The number of hydrogen-bond donors (Lipinski definition) is 2. The van der Waals surface area contributed by atoms with Crippen LogP contribution >= 0.6 is 23.2 Å². The Balaban J connectivity index is 1.48. The van der Waals surface area contributed by atoms with Crippen molar-refractivity contribution >= 4 is 46.7 Å². The van der Waals surface area contributed by atoms with Gasteiger partial charge in [-0.2, -0.15) is 0 Å². The number of methoxy groups -OCH3 is 2. The Kier molecular flexibility index (Phi) is 10.2. The predicted octanol–water partition coefficient (Wildman–Crippen LogP) is 4.14. The first-order valence-electron chi connectivity index (χ1n) is 14.9. The molecule has 2 atom stereocenters. The van der Waals surface area contributed by atoms with Gasteiger partial charge in [0.1, 0.15) is 18.5 Å². The van der Waals surface area contributed by atoms with Gasteiger partial charge >= 0.3 is 6.03 Å². The number of nitrogens with zero attached hydrogens (tertiary/aromatic N) is 5. The molecule has 2 aliphatic rings. The van der Waals surface area contributed by atoms with Gasteiger partial charge in [0.05, 0.1) is 44.1 Å². The molecule has 47 heavy (non-hydrogen) atoms. The Bertz CT molecular complexity index is 1660. The van der Waals surface area contributed by atoms with Gasteiger partial charge in [-0.05, 0) is 47.9 Å². The lowest BCUT2D eigenvalue weighted by atomic mass is 9.94. The number of fused-ring (bicyclic) bond motifs is 1. The number of halogens is 2. The molecule has 14 heteroatoms. The van der Waals surface area contributed by atoms with Crippen molar-refractivity contribution < 1.29 is 29.0 Å². The van der Waals surface area contributed by atoms with Crippen LogP contribution < -0.4 is 19.7 Å². The first-order chi connectivity index (χ1) is 22.4. The molecule has 12 nitrogen and oxygen atoms in total. The number of piperazine rings is 1. The molecule has 0 saturated carbocycles. The van der Waals surface area contributed by atoms with Crippen LogP contribution in [-0.2, 0) is 22.6 Å². The van der Waals surface area contributed by atoms with Crippen LogP contribution in [0.2, 0.25) is 10.0 Å². The number of carbonyl (C=O) groups excluding carboxylic acids is 3. The molecule has 3 aromatic rings. The SMILES string of the molecule is COc1cccc(CNC(=O)N2[C@H]3CN(C(Cc4cc(Cl)cc(Cl)c4N(C)C)c4ccc(O)cc4)C(=O)CN3C(=O)CN2C)c1OC. The lowest BCUT2D eigenvalue weighted by molar-refractivity contribution is -0.180. The van der Waals surface area contributed by atoms with Gasteiger partial charge in [0.15, 0.2) is 11.5 Å². The number of aromatic hydroxyl groups is 1. The van der Waals surface area contributed by atoms with E-state index in [9.17, 15) is 19.5 Å². The third-order valence-corrected chi connectivity index (χ3v) is 8.93. The number of nitrogens with one attached hydrogen (secondary N) is 1. The summed E-state index contributed by atoms with van der Waals surface area (Å²) in [5, 5.41) is 16.9. The van der Waals surface area contributed by atoms with Gasteiger partial charge in [0.2, 0.25) is 11.8 Å². The minimum Gasteiger partial charge on any atom is -0.508 e. The molecule has 2 saturated heterocycles. The second-order valence-corrected chi connectivity index (χ2v) is 12.5. The fourth-order valence-electron chi connectivity index (χ4n) is 6.30. The number of carbonyl (C=O) groups is 3. The van der Waals surface area contributed by atoms with Crippen molar-refractivity contribution in [3.8, 4) is 17.2 Å². The number of benzene rings is 3. The maximum absolute atomic E-state index is 13.9. The number of phenolic OH excluding ortho intramolecular Hbond substituents is 1. The standard InChI is InChI=1S/C33H38Cl2N6O6/c1-37(2)31-22(13-23(34)15-25(31)35)14-26(20-9-11-24(42)12-10-20)39-17-28-40(19-30(39)44)29(43)18-38(3)41(28)33(45)36-16-21-7-6-8-27(46-4)32(21)47-5/h6-13,15,26,28,42H,14,16-19H2,1-5H3,(H,36,45)/t26?,28-/m0/s1. The molecule has 2 heterocycles. The molecule has 2 N–H and O–H groups in total. The summed E-state index contributed by atoms with van der Waals surface area (Å²) in [4.78, 5) is 46.0. The number of ether oxygens (including phenoxy) is 2. The molecule has 0 aromatic heterocycles.